The summed E-state index contributed by atoms with van der Waals surface area (Å²) in [6, 6.07) is 8.63. The largest absolute Gasteiger partial charge is 0.394 e. The summed E-state index contributed by atoms with van der Waals surface area (Å²) in [4.78, 5) is 35.2. The highest BCUT2D eigenvalue weighted by atomic mass is 32.2. The maximum atomic E-state index is 14.3. The van der Waals surface area contributed by atoms with E-state index in [1.165, 1.54) is 12.5 Å². The molecule has 11 nitrogen and oxygen atoms in total. The number of primary amides is 2. The van der Waals surface area contributed by atoms with Gasteiger partial charge in [0.2, 0.25) is 11.8 Å². The van der Waals surface area contributed by atoms with E-state index >= 15 is 0 Å². The van der Waals surface area contributed by atoms with Gasteiger partial charge in [-0.05, 0) is 55.9 Å². The van der Waals surface area contributed by atoms with Crippen molar-refractivity contribution in [1.82, 2.24) is 9.97 Å². The normalized spacial score (nSPS) is 21.7. The first-order valence-corrected chi connectivity index (χ1v) is 15.8. The van der Waals surface area contributed by atoms with Gasteiger partial charge in [0.15, 0.2) is 4.75 Å². The third-order valence-electron chi connectivity index (χ3n) is 9.67. The summed E-state index contributed by atoms with van der Waals surface area (Å²) in [5, 5.41) is 21.0. The lowest BCUT2D eigenvalue weighted by molar-refractivity contribution is -0.148. The number of imidazole rings is 1. The fourth-order valence-electron chi connectivity index (χ4n) is 7.84. The average Bonchev–Trinajstić information content (AvgIpc) is 3.67. The van der Waals surface area contributed by atoms with E-state index in [0.29, 0.717) is 36.9 Å². The number of nitrogens with two attached hydrogens (primary N) is 2. The van der Waals surface area contributed by atoms with E-state index in [1.807, 2.05) is 0 Å². The molecule has 0 saturated heterocycles. The van der Waals surface area contributed by atoms with Crippen LogP contribution in [-0.2, 0) is 31.5 Å². The predicted molar refractivity (Wildman–Crippen MR) is 152 cm³/mol. The van der Waals surface area contributed by atoms with Crippen molar-refractivity contribution < 1.29 is 32.8 Å². The first kappa shape index (κ1) is 31.1. The van der Waals surface area contributed by atoms with Gasteiger partial charge in [0.05, 0.1) is 24.5 Å². The molecule has 2 aliphatic carbocycles. The van der Waals surface area contributed by atoms with Crippen molar-refractivity contribution in [2.75, 3.05) is 6.61 Å². The van der Waals surface area contributed by atoms with E-state index in [2.05, 4.69) is 9.97 Å². The molecule has 0 bridgehead atoms. The Morgan fingerprint density at radius 2 is 1.71 bits per heavy atom. The van der Waals surface area contributed by atoms with Crippen molar-refractivity contribution in [2.45, 2.75) is 86.9 Å². The number of amides is 2. The monoisotopic (exact) mass is 590 g/mol. The molecule has 1 aromatic carbocycles. The first-order chi connectivity index (χ1) is 19.5. The van der Waals surface area contributed by atoms with Gasteiger partial charge >= 0.3 is 0 Å². The van der Waals surface area contributed by atoms with Crippen LogP contribution in [0.1, 0.15) is 75.5 Å². The topological polar surface area (TPSA) is 210 Å². The summed E-state index contributed by atoms with van der Waals surface area (Å²) in [5.74, 6) is -3.18. The standard InChI is InChI=1S/C29H42N4O7S/c30-25(36)28(14-13-23-17-32-19-33-23,29(26(31)37,41(38,39)40)15-20-7-3-1-4-8-20)27(22-11-12-22,16-24(35)18-34)21-9-5-2-6-10-21/h2,5-6,9-10,17,19-20,22,24,34-35H,1,3-4,7-8,11-16,18H2,(H2,30,36)(H2,31,37)(H,32,33)(H,38,39,40)/t24?,27-,28+,29-/m1/s1. The third kappa shape index (κ3) is 5.42. The van der Waals surface area contributed by atoms with Crippen molar-refractivity contribution in [1.29, 1.82) is 0 Å². The number of benzene rings is 1. The Morgan fingerprint density at radius 1 is 1.05 bits per heavy atom. The number of carbonyl (C=O) groups is 2. The Bertz CT molecular complexity index is 1300. The summed E-state index contributed by atoms with van der Waals surface area (Å²) >= 11 is 0. The minimum Gasteiger partial charge on any atom is -0.394 e. The lowest BCUT2D eigenvalue weighted by atomic mass is 9.47. The third-order valence-corrected chi connectivity index (χ3v) is 11.3. The van der Waals surface area contributed by atoms with Crippen LogP contribution >= 0.6 is 0 Å². The number of carbonyl (C=O) groups excluding carboxylic acids is 2. The number of nitrogens with zero attached hydrogens (tertiary/aromatic N) is 1. The Labute approximate surface area is 240 Å². The molecule has 0 spiro atoms. The molecule has 2 fully saturated rings. The predicted octanol–water partition coefficient (Wildman–Crippen LogP) is 1.99. The molecule has 0 radical (unpaired) electrons. The molecule has 2 amide bonds. The van der Waals surface area contributed by atoms with Gasteiger partial charge < -0.3 is 26.7 Å². The molecule has 12 heteroatoms. The molecule has 1 aromatic heterocycles. The summed E-state index contributed by atoms with van der Waals surface area (Å²) in [6.45, 7) is -0.672. The number of hydrogen-bond donors (Lipinski definition) is 6. The Balaban J connectivity index is 2.14. The van der Waals surface area contributed by atoms with Crippen molar-refractivity contribution in [3.05, 3.63) is 54.1 Å². The lowest BCUT2D eigenvalue weighted by Gasteiger charge is -2.58. The van der Waals surface area contributed by atoms with E-state index in [-0.39, 0.29) is 31.6 Å². The quantitative estimate of drug-likeness (QED) is 0.169. The number of aromatic amines is 1. The van der Waals surface area contributed by atoms with E-state index in [0.717, 1.165) is 19.3 Å². The molecule has 2 aliphatic rings. The maximum absolute atomic E-state index is 14.3. The number of H-pyrrole nitrogens is 1. The van der Waals surface area contributed by atoms with Gasteiger partial charge in [0.1, 0.15) is 0 Å². The summed E-state index contributed by atoms with van der Waals surface area (Å²) in [5.41, 5.74) is 9.58. The summed E-state index contributed by atoms with van der Waals surface area (Å²) in [6.07, 6.45) is 5.53. The number of nitrogens with one attached hydrogen (secondary N) is 1. The fraction of sp³-hybridized carbons (Fsp3) is 0.621. The number of aliphatic hydroxyl groups is 2. The van der Waals surface area contributed by atoms with Crippen molar-refractivity contribution in [2.24, 2.45) is 28.7 Å². The number of aryl methyl sites for hydroxylation is 1. The minimum absolute atomic E-state index is 0.0503. The zero-order valence-corrected chi connectivity index (χ0v) is 24.1. The first-order valence-electron chi connectivity index (χ1n) is 14.3. The molecular formula is C29H42N4O7S. The second-order valence-electron chi connectivity index (χ2n) is 11.9. The molecule has 4 atom stereocenters. The summed E-state index contributed by atoms with van der Waals surface area (Å²) < 4.78 is 36.1. The van der Waals surface area contributed by atoms with Crippen LogP contribution in [-0.4, -0.2) is 62.4 Å². The van der Waals surface area contributed by atoms with Gasteiger partial charge in [-0.1, -0.05) is 62.4 Å². The van der Waals surface area contributed by atoms with E-state index < -0.39 is 56.1 Å². The van der Waals surface area contributed by atoms with E-state index in [1.54, 1.807) is 30.3 Å². The highest BCUT2D eigenvalue weighted by molar-refractivity contribution is 7.88. The van der Waals surface area contributed by atoms with Crippen molar-refractivity contribution in [3.63, 3.8) is 0 Å². The van der Waals surface area contributed by atoms with Crippen LogP contribution < -0.4 is 11.5 Å². The Morgan fingerprint density at radius 3 is 2.20 bits per heavy atom. The van der Waals surface area contributed by atoms with Gasteiger partial charge in [-0.25, -0.2) is 4.98 Å². The Hall–Kier alpha value is -2.80. The van der Waals surface area contributed by atoms with Gasteiger partial charge in [0, 0.05) is 17.3 Å². The van der Waals surface area contributed by atoms with Crippen molar-refractivity contribution in [3.8, 4) is 0 Å². The van der Waals surface area contributed by atoms with Gasteiger partial charge in [-0.2, -0.15) is 8.42 Å². The van der Waals surface area contributed by atoms with Crippen LogP contribution in [0.2, 0.25) is 0 Å². The van der Waals surface area contributed by atoms with Crippen LogP contribution in [0.25, 0.3) is 0 Å². The molecule has 8 N–H and O–H groups in total. The van der Waals surface area contributed by atoms with Crippen LogP contribution in [0.3, 0.4) is 0 Å². The van der Waals surface area contributed by atoms with E-state index in [4.69, 9.17) is 11.5 Å². The highest BCUT2D eigenvalue weighted by Crippen LogP contribution is 2.66. The number of aromatic nitrogens is 2. The second kappa shape index (κ2) is 12.2. The number of aliphatic hydroxyl groups excluding tert-OH is 2. The second-order valence-corrected chi connectivity index (χ2v) is 13.5. The number of hydrogen-bond acceptors (Lipinski definition) is 7. The molecule has 1 heterocycles. The number of rotatable bonds is 15. The average molecular weight is 591 g/mol. The molecule has 2 saturated carbocycles. The smallest absolute Gasteiger partial charge is 0.281 e. The molecule has 0 aliphatic heterocycles. The molecule has 1 unspecified atom stereocenters. The zero-order valence-electron chi connectivity index (χ0n) is 23.2. The van der Waals surface area contributed by atoms with Crippen LogP contribution in [0, 0.1) is 17.3 Å². The molecule has 2 aromatic rings. The molecule has 4 rings (SSSR count). The van der Waals surface area contributed by atoms with Crippen LogP contribution in [0.15, 0.2) is 42.9 Å². The van der Waals surface area contributed by atoms with Gasteiger partial charge in [0.25, 0.3) is 10.1 Å². The fourth-order valence-corrected chi connectivity index (χ4v) is 9.37. The van der Waals surface area contributed by atoms with Gasteiger partial charge in [-0.3, -0.25) is 14.1 Å². The lowest BCUT2D eigenvalue weighted by Crippen LogP contribution is -2.74. The van der Waals surface area contributed by atoms with Gasteiger partial charge in [-0.15, -0.1) is 0 Å². The molecule has 41 heavy (non-hydrogen) atoms. The molecular weight excluding hydrogens is 548 g/mol. The zero-order chi connectivity index (χ0) is 29.9. The minimum atomic E-state index is -5.40. The maximum Gasteiger partial charge on any atom is 0.281 e. The van der Waals surface area contributed by atoms with E-state index in [9.17, 15) is 32.8 Å². The van der Waals surface area contributed by atoms with Crippen LogP contribution in [0.5, 0.6) is 0 Å². The SMILES string of the molecule is NC(=O)[C@@](CCc1cnc[nH]1)([C@](CC(O)CO)(c1ccccc1)C1CC1)[C@@](CC1CCCCC1)(C(N)=O)S(=O)(=O)O. The molecule has 226 valence electrons. The summed E-state index contributed by atoms with van der Waals surface area (Å²) in [7, 11) is -5.40. The Kier molecular flexibility index (Phi) is 9.27. The van der Waals surface area contributed by atoms with Crippen molar-refractivity contribution >= 4 is 21.9 Å². The highest BCUT2D eigenvalue weighted by Gasteiger charge is 2.77. The van der Waals surface area contributed by atoms with Crippen LogP contribution in [0.4, 0.5) is 0 Å².